The third-order valence-electron chi connectivity index (χ3n) is 4.03. The van der Waals surface area contributed by atoms with Gasteiger partial charge in [-0.15, -0.1) is 0 Å². The van der Waals surface area contributed by atoms with E-state index in [1.165, 1.54) is 37.8 Å². The van der Waals surface area contributed by atoms with Crippen molar-refractivity contribution in [2.24, 2.45) is 11.8 Å². The fourth-order valence-electron chi connectivity index (χ4n) is 2.66. The van der Waals surface area contributed by atoms with E-state index in [0.29, 0.717) is 12.5 Å². The lowest BCUT2D eigenvalue weighted by molar-refractivity contribution is 0.232. The van der Waals surface area contributed by atoms with Crippen molar-refractivity contribution in [2.75, 3.05) is 6.54 Å². The largest absolute Gasteiger partial charge is 0.338 e. The molecule has 2 rings (SSSR count). The molecule has 0 aliphatic heterocycles. The average Bonchev–Trinajstić information content (AvgIpc) is 2.45. The van der Waals surface area contributed by atoms with Gasteiger partial charge in [0.15, 0.2) is 0 Å². The molecular formula is C16H23FN2O. The van der Waals surface area contributed by atoms with Crippen molar-refractivity contribution in [1.29, 1.82) is 0 Å². The summed E-state index contributed by atoms with van der Waals surface area (Å²) in [6.07, 6.45) is 4.92. The first-order valence-corrected chi connectivity index (χ1v) is 7.39. The van der Waals surface area contributed by atoms with Crippen molar-refractivity contribution in [3.05, 3.63) is 35.6 Å². The van der Waals surface area contributed by atoms with Crippen LogP contribution >= 0.6 is 0 Å². The second-order valence-corrected chi connectivity index (χ2v) is 5.82. The third kappa shape index (κ3) is 4.83. The molecule has 0 bridgehead atoms. The molecule has 1 saturated carbocycles. The van der Waals surface area contributed by atoms with Gasteiger partial charge in [0.25, 0.3) is 0 Å². The van der Waals surface area contributed by atoms with Gasteiger partial charge in [-0.05, 0) is 42.4 Å². The molecule has 0 aromatic heterocycles. The number of carbonyl (C=O) groups is 1. The minimum atomic E-state index is -0.277. The smallest absolute Gasteiger partial charge is 0.315 e. The van der Waals surface area contributed by atoms with Gasteiger partial charge >= 0.3 is 6.03 Å². The zero-order valence-electron chi connectivity index (χ0n) is 12.0. The number of hydrogen-bond donors (Lipinski definition) is 2. The molecule has 0 radical (unpaired) electrons. The van der Waals surface area contributed by atoms with E-state index >= 15 is 0 Å². The van der Waals surface area contributed by atoms with Crippen LogP contribution in [0.15, 0.2) is 24.3 Å². The Morgan fingerprint density at radius 3 is 2.70 bits per heavy atom. The molecule has 0 spiro atoms. The van der Waals surface area contributed by atoms with Gasteiger partial charge < -0.3 is 10.6 Å². The zero-order valence-corrected chi connectivity index (χ0v) is 12.0. The first-order chi connectivity index (χ1) is 9.63. The summed E-state index contributed by atoms with van der Waals surface area (Å²) < 4.78 is 13.0. The molecule has 1 fully saturated rings. The molecule has 0 saturated heterocycles. The maximum atomic E-state index is 13.0. The highest BCUT2D eigenvalue weighted by Gasteiger charge is 2.18. The fraction of sp³-hybridized carbons (Fsp3) is 0.562. The van der Waals surface area contributed by atoms with E-state index in [1.54, 1.807) is 12.1 Å². The van der Waals surface area contributed by atoms with Gasteiger partial charge in [-0.1, -0.05) is 31.9 Å². The summed E-state index contributed by atoms with van der Waals surface area (Å²) in [6.45, 7) is 3.38. The standard InChI is InChI=1S/C16H23FN2O/c1-12-5-7-13(8-6-12)10-18-16(20)19-11-14-3-2-4-15(17)9-14/h2-4,9,12-13H,5-8,10-11H2,1H3,(H2,18,19,20). The molecule has 0 atom stereocenters. The highest BCUT2D eigenvalue weighted by molar-refractivity contribution is 5.73. The molecule has 0 heterocycles. The molecule has 110 valence electrons. The quantitative estimate of drug-likeness (QED) is 0.870. The Labute approximate surface area is 120 Å². The predicted octanol–water partition coefficient (Wildman–Crippen LogP) is 3.45. The van der Waals surface area contributed by atoms with E-state index in [4.69, 9.17) is 0 Å². The van der Waals surface area contributed by atoms with Crippen LogP contribution in [0, 0.1) is 17.7 Å². The Hall–Kier alpha value is -1.58. The van der Waals surface area contributed by atoms with E-state index in [2.05, 4.69) is 17.6 Å². The summed E-state index contributed by atoms with van der Waals surface area (Å²) in [7, 11) is 0. The maximum absolute atomic E-state index is 13.0. The summed E-state index contributed by atoms with van der Waals surface area (Å²) in [4.78, 5) is 11.7. The fourth-order valence-corrected chi connectivity index (χ4v) is 2.66. The maximum Gasteiger partial charge on any atom is 0.315 e. The van der Waals surface area contributed by atoms with Gasteiger partial charge in [0.1, 0.15) is 5.82 Å². The number of hydrogen-bond acceptors (Lipinski definition) is 1. The monoisotopic (exact) mass is 278 g/mol. The van der Waals surface area contributed by atoms with E-state index in [1.807, 2.05) is 0 Å². The Morgan fingerprint density at radius 2 is 2.00 bits per heavy atom. The van der Waals surface area contributed by atoms with Crippen LogP contribution in [-0.2, 0) is 6.54 Å². The van der Waals surface area contributed by atoms with E-state index in [-0.39, 0.29) is 11.8 Å². The van der Waals surface area contributed by atoms with Gasteiger partial charge in [0.2, 0.25) is 0 Å². The first kappa shape index (κ1) is 14.8. The lowest BCUT2D eigenvalue weighted by Crippen LogP contribution is -2.38. The summed E-state index contributed by atoms with van der Waals surface area (Å²) in [5.41, 5.74) is 0.770. The Bertz CT molecular complexity index is 442. The summed E-state index contributed by atoms with van der Waals surface area (Å²) in [5.74, 6) is 1.15. The number of carbonyl (C=O) groups excluding carboxylic acids is 1. The minimum absolute atomic E-state index is 0.173. The Balaban J connectivity index is 1.65. The third-order valence-corrected chi connectivity index (χ3v) is 4.03. The molecule has 3 nitrogen and oxygen atoms in total. The van der Waals surface area contributed by atoms with Gasteiger partial charge in [-0.2, -0.15) is 0 Å². The van der Waals surface area contributed by atoms with Crippen molar-refractivity contribution in [2.45, 2.75) is 39.2 Å². The SMILES string of the molecule is CC1CCC(CNC(=O)NCc2cccc(F)c2)CC1. The van der Waals surface area contributed by atoms with Crippen LogP contribution in [0.2, 0.25) is 0 Å². The molecule has 1 aliphatic rings. The van der Waals surface area contributed by atoms with Crippen molar-refractivity contribution >= 4 is 6.03 Å². The Kier molecular flexibility index (Phi) is 5.39. The normalized spacial score (nSPS) is 22.3. The molecule has 20 heavy (non-hydrogen) atoms. The van der Waals surface area contributed by atoms with Crippen LogP contribution in [0.25, 0.3) is 0 Å². The highest BCUT2D eigenvalue weighted by atomic mass is 19.1. The van der Waals surface area contributed by atoms with Crippen LogP contribution in [0.4, 0.5) is 9.18 Å². The van der Waals surface area contributed by atoms with E-state index < -0.39 is 0 Å². The lowest BCUT2D eigenvalue weighted by Gasteiger charge is -2.26. The Morgan fingerprint density at radius 1 is 1.25 bits per heavy atom. The number of amides is 2. The second-order valence-electron chi connectivity index (χ2n) is 5.82. The van der Waals surface area contributed by atoms with Crippen LogP contribution in [0.5, 0.6) is 0 Å². The van der Waals surface area contributed by atoms with E-state index in [9.17, 15) is 9.18 Å². The van der Waals surface area contributed by atoms with Crippen LogP contribution in [0.1, 0.15) is 38.2 Å². The van der Waals surface area contributed by atoms with Gasteiger partial charge in [0, 0.05) is 13.1 Å². The molecular weight excluding hydrogens is 255 g/mol. The number of rotatable bonds is 4. The van der Waals surface area contributed by atoms with Crippen molar-refractivity contribution in [3.8, 4) is 0 Å². The average molecular weight is 278 g/mol. The van der Waals surface area contributed by atoms with Crippen molar-refractivity contribution in [3.63, 3.8) is 0 Å². The highest BCUT2D eigenvalue weighted by Crippen LogP contribution is 2.27. The molecule has 1 aromatic rings. The molecule has 4 heteroatoms. The number of nitrogens with one attached hydrogen (secondary N) is 2. The number of halogens is 1. The lowest BCUT2D eigenvalue weighted by atomic mass is 9.83. The van der Waals surface area contributed by atoms with Crippen molar-refractivity contribution < 1.29 is 9.18 Å². The molecule has 2 N–H and O–H groups in total. The van der Waals surface area contributed by atoms with E-state index in [0.717, 1.165) is 18.0 Å². The molecule has 0 unspecified atom stereocenters. The molecule has 1 aromatic carbocycles. The first-order valence-electron chi connectivity index (χ1n) is 7.39. The van der Waals surface area contributed by atoms with Crippen molar-refractivity contribution in [1.82, 2.24) is 10.6 Å². The molecule has 2 amide bonds. The van der Waals surface area contributed by atoms with Crippen LogP contribution in [0.3, 0.4) is 0 Å². The van der Waals surface area contributed by atoms with Gasteiger partial charge in [-0.25, -0.2) is 9.18 Å². The summed E-state index contributed by atoms with van der Waals surface area (Å²) in [6, 6.07) is 6.10. The second kappa shape index (κ2) is 7.27. The van der Waals surface area contributed by atoms with Gasteiger partial charge in [-0.3, -0.25) is 0 Å². The summed E-state index contributed by atoms with van der Waals surface area (Å²) in [5, 5.41) is 5.67. The summed E-state index contributed by atoms with van der Waals surface area (Å²) >= 11 is 0. The molecule has 1 aliphatic carbocycles. The zero-order chi connectivity index (χ0) is 14.4. The number of benzene rings is 1. The topological polar surface area (TPSA) is 41.1 Å². The van der Waals surface area contributed by atoms with Gasteiger partial charge in [0.05, 0.1) is 0 Å². The van der Waals surface area contributed by atoms with Crippen LogP contribution < -0.4 is 10.6 Å². The number of urea groups is 1. The predicted molar refractivity (Wildman–Crippen MR) is 77.8 cm³/mol. The minimum Gasteiger partial charge on any atom is -0.338 e. The van der Waals surface area contributed by atoms with Crippen LogP contribution in [-0.4, -0.2) is 12.6 Å².